The molecule has 2 unspecified atom stereocenters. The second kappa shape index (κ2) is 10.9. The van der Waals surface area contributed by atoms with Crippen LogP contribution in [0.25, 0.3) is 16.6 Å². The van der Waals surface area contributed by atoms with Crippen LogP contribution in [0.3, 0.4) is 0 Å². The number of nitrogens with zero attached hydrogens (tertiary/aromatic N) is 3. The molecular formula is C29H30ClN3O2. The predicted molar refractivity (Wildman–Crippen MR) is 142 cm³/mol. The van der Waals surface area contributed by atoms with Gasteiger partial charge in [0.2, 0.25) is 5.91 Å². The lowest BCUT2D eigenvalue weighted by Gasteiger charge is -2.34. The number of likely N-dealkylation sites (N-methyl/N-ethyl adjacent to an activating group) is 1. The minimum absolute atomic E-state index is 0.0399. The van der Waals surface area contributed by atoms with Crippen molar-refractivity contribution in [1.82, 2.24) is 14.5 Å². The zero-order valence-electron chi connectivity index (χ0n) is 20.3. The number of fused-ring (bicyclic) bond motifs is 1. The Balaban J connectivity index is 1.89. The van der Waals surface area contributed by atoms with E-state index in [1.807, 2.05) is 86.3 Å². The van der Waals surface area contributed by atoms with E-state index in [4.69, 9.17) is 16.6 Å². The van der Waals surface area contributed by atoms with E-state index < -0.39 is 0 Å². The van der Waals surface area contributed by atoms with Crippen molar-refractivity contribution in [2.45, 2.75) is 45.6 Å². The molecule has 1 amide bonds. The van der Waals surface area contributed by atoms with Crippen LogP contribution < -0.4 is 5.56 Å². The number of benzene rings is 3. The van der Waals surface area contributed by atoms with Crippen molar-refractivity contribution in [3.8, 4) is 5.69 Å². The molecule has 4 rings (SSSR count). The first kappa shape index (κ1) is 24.7. The van der Waals surface area contributed by atoms with E-state index in [0.717, 1.165) is 5.56 Å². The molecule has 0 saturated heterocycles. The Hall–Kier alpha value is -3.44. The van der Waals surface area contributed by atoms with Crippen molar-refractivity contribution in [2.24, 2.45) is 0 Å². The maximum Gasteiger partial charge on any atom is 0.266 e. The van der Waals surface area contributed by atoms with Gasteiger partial charge in [-0.15, -0.1) is 0 Å². The van der Waals surface area contributed by atoms with Crippen molar-refractivity contribution < 1.29 is 4.79 Å². The first-order valence-electron chi connectivity index (χ1n) is 12.1. The van der Waals surface area contributed by atoms with Crippen LogP contribution in [0.4, 0.5) is 0 Å². The van der Waals surface area contributed by atoms with E-state index >= 15 is 0 Å². The first-order chi connectivity index (χ1) is 17.0. The molecule has 5 nitrogen and oxygen atoms in total. The molecule has 0 spiro atoms. The van der Waals surface area contributed by atoms with Crippen LogP contribution in [0, 0.1) is 0 Å². The number of para-hydroxylation sites is 1. The highest BCUT2D eigenvalue weighted by Crippen LogP contribution is 2.31. The van der Waals surface area contributed by atoms with Crippen LogP contribution in [-0.2, 0) is 4.79 Å². The average molecular weight is 488 g/mol. The summed E-state index contributed by atoms with van der Waals surface area (Å²) >= 11 is 6.13. The fourth-order valence-corrected chi connectivity index (χ4v) is 4.85. The third-order valence-corrected chi connectivity index (χ3v) is 6.73. The van der Waals surface area contributed by atoms with E-state index in [9.17, 15) is 9.59 Å². The van der Waals surface area contributed by atoms with Gasteiger partial charge in [0.15, 0.2) is 0 Å². The summed E-state index contributed by atoms with van der Waals surface area (Å²) in [5.74, 6) is 0.330. The Labute approximate surface area is 211 Å². The lowest BCUT2D eigenvalue weighted by atomic mass is 9.94. The van der Waals surface area contributed by atoms with Gasteiger partial charge >= 0.3 is 0 Å². The summed E-state index contributed by atoms with van der Waals surface area (Å²) in [4.78, 5) is 34.5. The van der Waals surface area contributed by atoms with Crippen molar-refractivity contribution in [2.75, 3.05) is 6.54 Å². The van der Waals surface area contributed by atoms with Crippen LogP contribution in [0.1, 0.15) is 57.0 Å². The molecule has 1 heterocycles. The zero-order valence-corrected chi connectivity index (χ0v) is 21.1. The van der Waals surface area contributed by atoms with Gasteiger partial charge in [-0.05, 0) is 61.7 Å². The van der Waals surface area contributed by atoms with E-state index in [-0.39, 0.29) is 23.4 Å². The van der Waals surface area contributed by atoms with Crippen molar-refractivity contribution >= 4 is 28.4 Å². The zero-order chi connectivity index (χ0) is 24.9. The maximum atomic E-state index is 13.9. The first-order valence-corrected chi connectivity index (χ1v) is 12.5. The summed E-state index contributed by atoms with van der Waals surface area (Å²) in [7, 11) is 0. The summed E-state index contributed by atoms with van der Waals surface area (Å²) in [6.07, 6.45) is 1.30. The van der Waals surface area contributed by atoms with E-state index in [2.05, 4.69) is 0 Å². The number of hydrogen-bond donors (Lipinski definition) is 0. The second-order valence-corrected chi connectivity index (χ2v) is 8.96. The molecule has 4 aromatic rings. The molecule has 0 aliphatic rings. The minimum atomic E-state index is -0.377. The molecular weight excluding hydrogens is 458 g/mol. The topological polar surface area (TPSA) is 55.2 Å². The SMILES string of the molecule is CCC(C(=O)N(CC)C(CC)c1nc2ccccc2c(=O)n1-c1ccc(Cl)cc1)c1ccccc1. The number of amides is 1. The Morgan fingerprint density at radius 2 is 1.57 bits per heavy atom. The third kappa shape index (κ3) is 4.87. The van der Waals surface area contributed by atoms with Gasteiger partial charge in [-0.1, -0.05) is 67.9 Å². The predicted octanol–water partition coefficient (Wildman–Crippen LogP) is 6.53. The van der Waals surface area contributed by atoms with Gasteiger partial charge in [0, 0.05) is 11.6 Å². The van der Waals surface area contributed by atoms with Crippen LogP contribution in [0.2, 0.25) is 5.02 Å². The van der Waals surface area contributed by atoms with Crippen LogP contribution in [0.5, 0.6) is 0 Å². The molecule has 180 valence electrons. The van der Waals surface area contributed by atoms with E-state index in [1.54, 1.807) is 22.8 Å². The molecule has 0 saturated carbocycles. The smallest absolute Gasteiger partial charge is 0.266 e. The van der Waals surface area contributed by atoms with Crippen molar-refractivity contribution in [1.29, 1.82) is 0 Å². The monoisotopic (exact) mass is 487 g/mol. The molecule has 0 radical (unpaired) electrons. The third-order valence-electron chi connectivity index (χ3n) is 6.48. The van der Waals surface area contributed by atoms with Crippen LogP contribution in [0.15, 0.2) is 83.7 Å². The normalized spacial score (nSPS) is 12.9. The Morgan fingerprint density at radius 1 is 0.914 bits per heavy atom. The average Bonchev–Trinajstić information content (AvgIpc) is 2.89. The molecule has 35 heavy (non-hydrogen) atoms. The number of carbonyl (C=O) groups is 1. The summed E-state index contributed by atoms with van der Waals surface area (Å²) in [5, 5.41) is 1.12. The van der Waals surface area contributed by atoms with Gasteiger partial charge in [-0.25, -0.2) is 4.98 Å². The maximum absolute atomic E-state index is 13.9. The lowest BCUT2D eigenvalue weighted by molar-refractivity contribution is -0.135. The summed E-state index contributed by atoms with van der Waals surface area (Å²) in [6.45, 7) is 6.54. The molecule has 6 heteroatoms. The van der Waals surface area contributed by atoms with Gasteiger partial charge in [0.1, 0.15) is 5.82 Å². The molecule has 0 fully saturated rings. The molecule has 0 aliphatic heterocycles. The number of halogens is 1. The Bertz CT molecular complexity index is 1370. The number of hydrogen-bond acceptors (Lipinski definition) is 3. The fourth-order valence-electron chi connectivity index (χ4n) is 4.72. The number of carbonyl (C=O) groups excluding carboxylic acids is 1. The largest absolute Gasteiger partial charge is 0.332 e. The molecule has 0 bridgehead atoms. The second-order valence-electron chi connectivity index (χ2n) is 8.52. The molecule has 3 aromatic carbocycles. The van der Waals surface area contributed by atoms with E-state index in [0.29, 0.717) is 46.8 Å². The van der Waals surface area contributed by atoms with Gasteiger partial charge in [0.05, 0.1) is 28.6 Å². The highest BCUT2D eigenvalue weighted by molar-refractivity contribution is 6.30. The highest BCUT2D eigenvalue weighted by atomic mass is 35.5. The molecule has 1 aromatic heterocycles. The molecule has 2 atom stereocenters. The fraction of sp³-hybridized carbons (Fsp3) is 0.276. The Kier molecular flexibility index (Phi) is 7.67. The quantitative estimate of drug-likeness (QED) is 0.284. The number of aromatic nitrogens is 2. The lowest BCUT2D eigenvalue weighted by Crippen LogP contribution is -2.40. The van der Waals surface area contributed by atoms with E-state index in [1.165, 1.54) is 0 Å². The van der Waals surface area contributed by atoms with Gasteiger partial charge < -0.3 is 4.90 Å². The summed E-state index contributed by atoms with van der Waals surface area (Å²) in [6, 6.07) is 24.0. The Morgan fingerprint density at radius 3 is 2.20 bits per heavy atom. The highest BCUT2D eigenvalue weighted by Gasteiger charge is 2.32. The molecule has 0 N–H and O–H groups in total. The van der Waals surface area contributed by atoms with Crippen molar-refractivity contribution in [3.63, 3.8) is 0 Å². The number of rotatable bonds is 8. The van der Waals surface area contributed by atoms with Gasteiger partial charge in [-0.3, -0.25) is 14.2 Å². The minimum Gasteiger partial charge on any atom is -0.332 e. The van der Waals surface area contributed by atoms with Crippen molar-refractivity contribution in [3.05, 3.63) is 106 Å². The van der Waals surface area contributed by atoms with Gasteiger partial charge in [0.25, 0.3) is 5.56 Å². The van der Waals surface area contributed by atoms with Gasteiger partial charge in [-0.2, -0.15) is 0 Å². The van der Waals surface area contributed by atoms with Crippen LogP contribution >= 0.6 is 11.6 Å². The van der Waals surface area contributed by atoms with Crippen LogP contribution in [-0.4, -0.2) is 26.9 Å². The summed E-state index contributed by atoms with van der Waals surface area (Å²) < 4.78 is 1.63. The standard InChI is InChI=1S/C29H30ClN3O2/c1-4-23(20-12-8-7-9-13-20)28(34)32(6-3)26(5-2)27-31-25-15-11-10-14-24(25)29(35)33(27)22-18-16-21(30)17-19-22/h7-19,23,26H,4-6H2,1-3H3. The molecule has 0 aliphatic carbocycles. The summed E-state index contributed by atoms with van der Waals surface area (Å²) in [5.41, 5.74) is 2.12.